The van der Waals surface area contributed by atoms with Crippen molar-refractivity contribution in [1.29, 1.82) is 0 Å². The van der Waals surface area contributed by atoms with Gasteiger partial charge in [0.2, 0.25) is 0 Å². The minimum Gasteiger partial charge on any atom is -0.388 e. The first-order valence-corrected chi connectivity index (χ1v) is 6.60. The van der Waals surface area contributed by atoms with Crippen molar-refractivity contribution >= 4 is 10.8 Å². The van der Waals surface area contributed by atoms with Crippen LogP contribution in [0, 0.1) is 5.92 Å². The summed E-state index contributed by atoms with van der Waals surface area (Å²) < 4.78 is 0. The Labute approximate surface area is 108 Å². The molecule has 1 N–H and O–H groups in total. The first-order valence-electron chi connectivity index (χ1n) is 6.60. The monoisotopic (exact) mass is 238 g/mol. The Balaban J connectivity index is 2.16. The molecule has 0 amide bonds. The number of fused-ring (bicyclic) bond motifs is 3. The van der Waals surface area contributed by atoms with Crippen LogP contribution < -0.4 is 0 Å². The van der Waals surface area contributed by atoms with Gasteiger partial charge in [0.05, 0.1) is 6.10 Å². The van der Waals surface area contributed by atoms with E-state index in [4.69, 9.17) is 0 Å². The summed E-state index contributed by atoms with van der Waals surface area (Å²) in [6, 6.07) is 12.7. The normalized spacial score (nSPS) is 22.7. The lowest BCUT2D eigenvalue weighted by Gasteiger charge is -2.30. The molecule has 0 saturated carbocycles. The summed E-state index contributed by atoms with van der Waals surface area (Å²) in [7, 11) is 0. The number of aliphatic hydroxyl groups excluding tert-OH is 1. The van der Waals surface area contributed by atoms with Gasteiger partial charge in [-0.15, -0.1) is 6.58 Å². The molecule has 92 valence electrons. The topological polar surface area (TPSA) is 20.2 Å². The predicted molar refractivity (Wildman–Crippen MR) is 75.5 cm³/mol. The highest BCUT2D eigenvalue weighted by molar-refractivity contribution is 5.87. The quantitative estimate of drug-likeness (QED) is 0.784. The Kier molecular flexibility index (Phi) is 2.92. The van der Waals surface area contributed by atoms with Crippen LogP contribution in [0.2, 0.25) is 0 Å². The second-order valence-electron chi connectivity index (χ2n) is 5.13. The summed E-state index contributed by atoms with van der Waals surface area (Å²) in [6.45, 7) is 3.80. The van der Waals surface area contributed by atoms with Gasteiger partial charge in [-0.2, -0.15) is 0 Å². The largest absolute Gasteiger partial charge is 0.388 e. The molecule has 0 aromatic heterocycles. The fourth-order valence-electron chi connectivity index (χ4n) is 3.10. The van der Waals surface area contributed by atoms with Crippen LogP contribution in [-0.4, -0.2) is 5.11 Å². The van der Waals surface area contributed by atoms with Crippen LogP contribution in [0.15, 0.2) is 49.1 Å². The lowest BCUT2D eigenvalue weighted by atomic mass is 9.78. The smallest absolute Gasteiger partial charge is 0.0829 e. The summed E-state index contributed by atoms with van der Waals surface area (Å²) in [5.74, 6) is 0.320. The van der Waals surface area contributed by atoms with Crippen molar-refractivity contribution in [2.75, 3.05) is 0 Å². The molecule has 2 unspecified atom stereocenters. The molecule has 1 aliphatic carbocycles. The Morgan fingerprint density at radius 2 is 2.06 bits per heavy atom. The van der Waals surface area contributed by atoms with Gasteiger partial charge in [0, 0.05) is 0 Å². The maximum atomic E-state index is 10.6. The van der Waals surface area contributed by atoms with Gasteiger partial charge >= 0.3 is 0 Å². The predicted octanol–water partition coefficient (Wildman–Crippen LogP) is 4.01. The third-order valence-corrected chi connectivity index (χ3v) is 4.06. The number of hydrogen-bond donors (Lipinski definition) is 1. The minimum absolute atomic E-state index is 0.320. The molecular weight excluding hydrogens is 220 g/mol. The zero-order valence-electron chi connectivity index (χ0n) is 10.5. The van der Waals surface area contributed by atoms with Crippen molar-refractivity contribution in [3.8, 4) is 0 Å². The fourth-order valence-corrected chi connectivity index (χ4v) is 3.10. The molecule has 2 aromatic carbocycles. The van der Waals surface area contributed by atoms with Crippen LogP contribution in [0.1, 0.15) is 30.1 Å². The van der Waals surface area contributed by atoms with E-state index >= 15 is 0 Å². The first kappa shape index (κ1) is 11.5. The highest BCUT2D eigenvalue weighted by Gasteiger charge is 2.28. The maximum Gasteiger partial charge on any atom is 0.0829 e. The molecule has 0 radical (unpaired) electrons. The number of aryl methyl sites for hydroxylation is 1. The van der Waals surface area contributed by atoms with Gasteiger partial charge in [0.25, 0.3) is 0 Å². The summed E-state index contributed by atoms with van der Waals surface area (Å²) >= 11 is 0. The zero-order chi connectivity index (χ0) is 12.5. The molecule has 1 aliphatic rings. The summed E-state index contributed by atoms with van der Waals surface area (Å²) in [6.07, 6.45) is 4.58. The van der Waals surface area contributed by atoms with Crippen LogP contribution in [0.25, 0.3) is 10.8 Å². The van der Waals surface area contributed by atoms with Gasteiger partial charge in [-0.1, -0.05) is 42.5 Å². The minimum atomic E-state index is -0.349. The molecule has 2 aromatic rings. The third-order valence-electron chi connectivity index (χ3n) is 4.06. The highest BCUT2D eigenvalue weighted by atomic mass is 16.3. The van der Waals surface area contributed by atoms with Crippen molar-refractivity contribution in [3.63, 3.8) is 0 Å². The molecule has 0 aliphatic heterocycles. The lowest BCUT2D eigenvalue weighted by molar-refractivity contribution is 0.0967. The number of hydrogen-bond acceptors (Lipinski definition) is 1. The summed E-state index contributed by atoms with van der Waals surface area (Å²) in [4.78, 5) is 0. The molecule has 1 nitrogen and oxygen atoms in total. The Morgan fingerprint density at radius 3 is 2.89 bits per heavy atom. The van der Waals surface area contributed by atoms with E-state index in [1.54, 1.807) is 0 Å². The second-order valence-corrected chi connectivity index (χ2v) is 5.13. The highest BCUT2D eigenvalue weighted by Crippen LogP contribution is 2.40. The molecule has 0 saturated heterocycles. The molecule has 1 heteroatoms. The van der Waals surface area contributed by atoms with Crippen molar-refractivity contribution in [3.05, 3.63) is 60.2 Å². The van der Waals surface area contributed by atoms with E-state index in [9.17, 15) is 5.11 Å². The molecule has 0 fully saturated rings. The van der Waals surface area contributed by atoms with E-state index < -0.39 is 0 Å². The maximum absolute atomic E-state index is 10.6. The number of rotatable bonds is 2. The Hall–Kier alpha value is -1.60. The second kappa shape index (κ2) is 4.58. The first-order chi connectivity index (χ1) is 8.81. The standard InChI is InChI=1S/C17H18O/c1-2-5-14-11-10-13-9-8-12-6-3-4-7-15(12)16(13)17(14)18/h2-4,6-9,14,17-18H,1,5,10-11H2. The van der Waals surface area contributed by atoms with Gasteiger partial charge in [0.1, 0.15) is 0 Å². The average molecular weight is 238 g/mol. The molecule has 0 heterocycles. The Bertz CT molecular complexity index is 585. The van der Waals surface area contributed by atoms with Gasteiger partial charge in [-0.25, -0.2) is 0 Å². The van der Waals surface area contributed by atoms with Crippen LogP contribution in [0.3, 0.4) is 0 Å². The van der Waals surface area contributed by atoms with Crippen LogP contribution >= 0.6 is 0 Å². The van der Waals surface area contributed by atoms with Crippen LogP contribution in [-0.2, 0) is 6.42 Å². The van der Waals surface area contributed by atoms with Crippen molar-refractivity contribution in [2.45, 2.75) is 25.4 Å². The number of aliphatic hydroxyl groups is 1. The van der Waals surface area contributed by atoms with Crippen LogP contribution in [0.5, 0.6) is 0 Å². The summed E-state index contributed by atoms with van der Waals surface area (Å²) in [5, 5.41) is 13.0. The fraction of sp³-hybridized carbons (Fsp3) is 0.294. The lowest BCUT2D eigenvalue weighted by Crippen LogP contribution is -2.20. The van der Waals surface area contributed by atoms with Crippen molar-refractivity contribution in [2.24, 2.45) is 5.92 Å². The molecule has 0 bridgehead atoms. The average Bonchev–Trinajstić information content (AvgIpc) is 2.41. The van der Waals surface area contributed by atoms with E-state index in [2.05, 4.69) is 30.8 Å². The van der Waals surface area contributed by atoms with E-state index in [0.29, 0.717) is 5.92 Å². The molecule has 3 rings (SSSR count). The van der Waals surface area contributed by atoms with E-state index in [1.807, 2.05) is 18.2 Å². The van der Waals surface area contributed by atoms with Gasteiger partial charge in [-0.3, -0.25) is 0 Å². The Morgan fingerprint density at radius 1 is 1.22 bits per heavy atom. The number of allylic oxidation sites excluding steroid dienone is 1. The number of benzene rings is 2. The van der Waals surface area contributed by atoms with Crippen molar-refractivity contribution < 1.29 is 5.11 Å². The molecule has 2 atom stereocenters. The van der Waals surface area contributed by atoms with Gasteiger partial charge in [-0.05, 0) is 47.1 Å². The molecule has 18 heavy (non-hydrogen) atoms. The van der Waals surface area contributed by atoms with E-state index in [1.165, 1.54) is 16.3 Å². The van der Waals surface area contributed by atoms with Crippen molar-refractivity contribution in [1.82, 2.24) is 0 Å². The molecular formula is C17H18O. The summed E-state index contributed by atoms with van der Waals surface area (Å²) in [5.41, 5.74) is 2.45. The van der Waals surface area contributed by atoms with E-state index in [-0.39, 0.29) is 6.10 Å². The van der Waals surface area contributed by atoms with Gasteiger partial charge in [0.15, 0.2) is 0 Å². The van der Waals surface area contributed by atoms with Crippen LogP contribution in [0.4, 0.5) is 0 Å². The zero-order valence-corrected chi connectivity index (χ0v) is 10.5. The van der Waals surface area contributed by atoms with Gasteiger partial charge < -0.3 is 5.11 Å². The molecule has 0 spiro atoms. The van der Waals surface area contributed by atoms with E-state index in [0.717, 1.165) is 24.8 Å². The SMILES string of the molecule is C=CCC1CCc2ccc3ccccc3c2C1O. The third kappa shape index (κ3) is 1.75.